The third-order valence-electron chi connectivity index (χ3n) is 5.90. The zero-order valence-electron chi connectivity index (χ0n) is 17.8. The molecule has 1 saturated heterocycles. The van der Waals surface area contributed by atoms with Gasteiger partial charge in [0.05, 0.1) is 30.0 Å². The summed E-state index contributed by atoms with van der Waals surface area (Å²) in [5, 5.41) is 0. The predicted octanol–water partition coefficient (Wildman–Crippen LogP) is 3.55. The van der Waals surface area contributed by atoms with Crippen LogP contribution in [0.25, 0.3) is 0 Å². The van der Waals surface area contributed by atoms with E-state index in [1.54, 1.807) is 6.20 Å². The van der Waals surface area contributed by atoms with Gasteiger partial charge in [0, 0.05) is 52.0 Å². The Morgan fingerprint density at radius 1 is 1.13 bits per heavy atom. The molecular formula is C24H27FN4O2. The number of nitrogens with zero attached hydrogens (tertiary/aromatic N) is 4. The minimum absolute atomic E-state index is 0.0625. The van der Waals surface area contributed by atoms with Gasteiger partial charge in [-0.25, -0.2) is 4.99 Å². The number of benzene rings is 1. The molecule has 31 heavy (non-hydrogen) atoms. The lowest BCUT2D eigenvalue weighted by molar-refractivity contribution is -0.112. The SMILES string of the molecule is CCC(=O)c1ccc(N2CCN(Cc3ccc4c(c3)CC(=O)C(CCF)=N4)CC2)cn1. The second kappa shape index (κ2) is 9.47. The van der Waals surface area contributed by atoms with E-state index < -0.39 is 6.67 Å². The van der Waals surface area contributed by atoms with Crippen molar-refractivity contribution in [1.29, 1.82) is 0 Å². The van der Waals surface area contributed by atoms with E-state index in [1.165, 1.54) is 0 Å². The van der Waals surface area contributed by atoms with Gasteiger partial charge in [0.15, 0.2) is 11.6 Å². The van der Waals surface area contributed by atoms with Crippen molar-refractivity contribution >= 4 is 28.7 Å². The number of fused-ring (bicyclic) bond motifs is 1. The lowest BCUT2D eigenvalue weighted by Crippen LogP contribution is -2.46. The first-order valence-electron chi connectivity index (χ1n) is 10.8. The van der Waals surface area contributed by atoms with Crippen LogP contribution in [-0.2, 0) is 17.8 Å². The van der Waals surface area contributed by atoms with Gasteiger partial charge in [-0.15, -0.1) is 0 Å². The van der Waals surface area contributed by atoms with E-state index in [1.807, 2.05) is 31.2 Å². The van der Waals surface area contributed by atoms with Crippen LogP contribution in [0.5, 0.6) is 0 Å². The number of carbonyl (C=O) groups is 2. The number of Topliss-reactive ketones (excluding diaryl/α,β-unsaturated/α-hetero) is 2. The van der Waals surface area contributed by atoms with Crippen molar-refractivity contribution in [3.05, 3.63) is 53.3 Å². The van der Waals surface area contributed by atoms with Crippen molar-refractivity contribution in [2.45, 2.75) is 32.7 Å². The van der Waals surface area contributed by atoms with Crippen molar-refractivity contribution in [2.75, 3.05) is 37.8 Å². The summed E-state index contributed by atoms with van der Waals surface area (Å²) >= 11 is 0. The highest BCUT2D eigenvalue weighted by Crippen LogP contribution is 2.27. The molecule has 162 valence electrons. The number of halogens is 1. The Hall–Kier alpha value is -2.93. The molecule has 0 spiro atoms. The summed E-state index contributed by atoms with van der Waals surface area (Å²) in [5.41, 5.74) is 4.79. The van der Waals surface area contributed by atoms with Crippen LogP contribution in [0.15, 0.2) is 41.5 Å². The van der Waals surface area contributed by atoms with Crippen LogP contribution >= 0.6 is 0 Å². The van der Waals surface area contributed by atoms with Crippen LogP contribution in [0.2, 0.25) is 0 Å². The van der Waals surface area contributed by atoms with Gasteiger partial charge in [-0.05, 0) is 29.3 Å². The quantitative estimate of drug-likeness (QED) is 0.639. The molecule has 7 heteroatoms. The Morgan fingerprint density at radius 3 is 2.61 bits per heavy atom. The zero-order valence-corrected chi connectivity index (χ0v) is 17.8. The molecule has 0 unspecified atom stereocenters. The topological polar surface area (TPSA) is 65.9 Å². The summed E-state index contributed by atoms with van der Waals surface area (Å²) in [4.78, 5) is 37.2. The monoisotopic (exact) mass is 422 g/mol. The molecular weight excluding hydrogens is 395 g/mol. The van der Waals surface area contributed by atoms with E-state index in [0.717, 1.165) is 55.2 Å². The van der Waals surface area contributed by atoms with Crippen molar-refractivity contribution in [3.8, 4) is 0 Å². The van der Waals surface area contributed by atoms with E-state index in [4.69, 9.17) is 0 Å². The molecule has 2 aliphatic heterocycles. The Balaban J connectivity index is 1.35. The lowest BCUT2D eigenvalue weighted by atomic mass is 9.97. The van der Waals surface area contributed by atoms with Crippen molar-refractivity contribution < 1.29 is 14.0 Å². The second-order valence-corrected chi connectivity index (χ2v) is 8.00. The number of carbonyl (C=O) groups excluding carboxylic acids is 2. The molecule has 4 rings (SSSR count). The smallest absolute Gasteiger partial charge is 0.181 e. The molecule has 1 aromatic carbocycles. The lowest BCUT2D eigenvalue weighted by Gasteiger charge is -2.36. The minimum Gasteiger partial charge on any atom is -0.368 e. The number of rotatable bonds is 7. The maximum absolute atomic E-state index is 12.6. The number of hydrogen-bond acceptors (Lipinski definition) is 6. The molecule has 3 heterocycles. The maximum atomic E-state index is 12.6. The fraction of sp³-hybridized carbons (Fsp3) is 0.417. The summed E-state index contributed by atoms with van der Waals surface area (Å²) in [6, 6.07) is 9.83. The Labute approximate surface area is 181 Å². The largest absolute Gasteiger partial charge is 0.368 e. The van der Waals surface area contributed by atoms with Crippen LogP contribution in [0, 0.1) is 0 Å². The van der Waals surface area contributed by atoms with Crippen LogP contribution in [0.1, 0.15) is 41.4 Å². The molecule has 6 nitrogen and oxygen atoms in total. The molecule has 0 amide bonds. The van der Waals surface area contributed by atoms with Gasteiger partial charge >= 0.3 is 0 Å². The van der Waals surface area contributed by atoms with Gasteiger partial charge < -0.3 is 4.90 Å². The molecule has 0 atom stereocenters. The number of aliphatic imine (C=N–C) groups is 1. The van der Waals surface area contributed by atoms with Gasteiger partial charge in [0.1, 0.15) is 5.69 Å². The highest BCUT2D eigenvalue weighted by Gasteiger charge is 2.22. The maximum Gasteiger partial charge on any atom is 0.181 e. The first kappa shape index (κ1) is 21.3. The van der Waals surface area contributed by atoms with E-state index in [0.29, 0.717) is 24.2 Å². The van der Waals surface area contributed by atoms with Crippen molar-refractivity contribution in [1.82, 2.24) is 9.88 Å². The summed E-state index contributed by atoms with van der Waals surface area (Å²) in [6.45, 7) is 5.73. The molecule has 0 N–H and O–H groups in total. The first-order chi connectivity index (χ1) is 15.1. The molecule has 0 bridgehead atoms. The Morgan fingerprint density at radius 2 is 1.94 bits per heavy atom. The summed E-state index contributed by atoms with van der Waals surface area (Å²) in [5.74, 6) is -0.0105. The molecule has 0 radical (unpaired) electrons. The van der Waals surface area contributed by atoms with Gasteiger partial charge in [0.2, 0.25) is 0 Å². The van der Waals surface area contributed by atoms with Gasteiger partial charge in [-0.1, -0.05) is 19.1 Å². The third-order valence-corrected chi connectivity index (χ3v) is 5.90. The first-order valence-corrected chi connectivity index (χ1v) is 10.8. The zero-order chi connectivity index (χ0) is 21.8. The molecule has 0 saturated carbocycles. The fourth-order valence-electron chi connectivity index (χ4n) is 4.10. The van der Waals surface area contributed by atoms with E-state index in [-0.39, 0.29) is 18.0 Å². The van der Waals surface area contributed by atoms with Gasteiger partial charge in [-0.3, -0.25) is 23.9 Å². The van der Waals surface area contributed by atoms with Crippen molar-refractivity contribution in [3.63, 3.8) is 0 Å². The second-order valence-electron chi connectivity index (χ2n) is 8.00. The Bertz CT molecular complexity index is 995. The minimum atomic E-state index is -0.555. The highest BCUT2D eigenvalue weighted by atomic mass is 19.1. The average Bonchev–Trinajstić information content (AvgIpc) is 2.80. The number of hydrogen-bond donors (Lipinski definition) is 0. The third kappa shape index (κ3) is 4.88. The number of aromatic nitrogens is 1. The summed E-state index contributed by atoms with van der Waals surface area (Å²) in [6.07, 6.45) is 2.65. The van der Waals surface area contributed by atoms with Crippen LogP contribution in [0.3, 0.4) is 0 Å². The molecule has 1 fully saturated rings. The van der Waals surface area contributed by atoms with E-state index in [2.05, 4.69) is 25.8 Å². The predicted molar refractivity (Wildman–Crippen MR) is 119 cm³/mol. The molecule has 1 aromatic heterocycles. The Kier molecular flexibility index (Phi) is 6.51. The summed E-state index contributed by atoms with van der Waals surface area (Å²) < 4.78 is 12.6. The number of piperazine rings is 1. The molecule has 2 aliphatic rings. The van der Waals surface area contributed by atoms with E-state index >= 15 is 0 Å². The summed E-state index contributed by atoms with van der Waals surface area (Å²) in [7, 11) is 0. The normalized spacial score (nSPS) is 16.8. The van der Waals surface area contributed by atoms with Gasteiger partial charge in [-0.2, -0.15) is 0 Å². The average molecular weight is 423 g/mol. The van der Waals surface area contributed by atoms with Crippen LogP contribution in [-0.4, -0.2) is 60.0 Å². The molecule has 0 aliphatic carbocycles. The van der Waals surface area contributed by atoms with E-state index in [9.17, 15) is 14.0 Å². The standard InChI is InChI=1S/C24H27FN4O2/c1-2-23(30)21-6-4-19(15-26-21)29-11-9-28(10-12-29)16-17-3-5-20-18(13-17)14-24(31)22(27-20)7-8-25/h3-6,13,15H,2,7-12,14,16H2,1H3. The number of alkyl halides is 1. The number of anilines is 1. The van der Waals surface area contributed by atoms with Crippen LogP contribution < -0.4 is 4.90 Å². The molecule has 2 aromatic rings. The number of ketones is 2. The van der Waals surface area contributed by atoms with Gasteiger partial charge in [0.25, 0.3) is 0 Å². The van der Waals surface area contributed by atoms with Crippen molar-refractivity contribution in [2.24, 2.45) is 4.99 Å². The number of pyridine rings is 1. The highest BCUT2D eigenvalue weighted by molar-refractivity contribution is 6.41. The fourth-order valence-corrected chi connectivity index (χ4v) is 4.10. The van der Waals surface area contributed by atoms with Crippen LogP contribution in [0.4, 0.5) is 15.8 Å².